The van der Waals surface area contributed by atoms with E-state index in [1.807, 2.05) is 72.4 Å². The molecule has 0 amide bonds. The Morgan fingerprint density at radius 3 is 1.71 bits per heavy atom. The molecule has 2 aromatic heterocycles. The number of rotatable bonds is 5. The van der Waals surface area contributed by atoms with Crippen molar-refractivity contribution < 1.29 is 0 Å². The van der Waals surface area contributed by atoms with Crippen LogP contribution in [0.5, 0.6) is 0 Å². The highest BCUT2D eigenvalue weighted by atomic mass is 32.2. The lowest BCUT2D eigenvalue weighted by atomic mass is 10.0. The summed E-state index contributed by atoms with van der Waals surface area (Å²) < 4.78 is 2.41. The van der Waals surface area contributed by atoms with Crippen LogP contribution in [0.3, 0.4) is 0 Å². The molecule has 0 fully saturated rings. The normalized spacial score (nSPS) is 12.1. The van der Waals surface area contributed by atoms with Gasteiger partial charge in [0, 0.05) is 42.9 Å². The van der Waals surface area contributed by atoms with Crippen LogP contribution in [0.15, 0.2) is 180 Å². The maximum absolute atomic E-state index is 4.98. The highest BCUT2D eigenvalue weighted by molar-refractivity contribution is 7.99. The van der Waals surface area contributed by atoms with Crippen LogP contribution in [0.4, 0.5) is 0 Å². The Balaban J connectivity index is 1.09. The van der Waals surface area contributed by atoms with Crippen molar-refractivity contribution in [3.63, 3.8) is 0 Å². The zero-order valence-corrected chi connectivity index (χ0v) is 28.8. The van der Waals surface area contributed by atoms with Crippen LogP contribution in [0.2, 0.25) is 0 Å². The number of hydrogen-bond donors (Lipinski definition) is 0. The fraction of sp³-hybridized carbons (Fsp3) is 0. The largest absolute Gasteiger partial charge is 0.309 e. The number of hydrogen-bond acceptors (Lipinski definition) is 4. The molecule has 0 atom stereocenters. The average Bonchev–Trinajstić information content (AvgIpc) is 3.41. The van der Waals surface area contributed by atoms with E-state index < -0.39 is 0 Å². The first-order chi connectivity index (χ1) is 25.7. The zero-order valence-electron chi connectivity index (χ0n) is 28.0. The van der Waals surface area contributed by atoms with Crippen LogP contribution in [0.25, 0.3) is 84.9 Å². The second-order valence-corrected chi connectivity index (χ2v) is 14.0. The van der Waals surface area contributed by atoms with Crippen molar-refractivity contribution in [3.05, 3.63) is 181 Å². The molecule has 0 bridgehead atoms. The van der Waals surface area contributed by atoms with Gasteiger partial charge in [-0.25, -0.2) is 15.0 Å². The van der Waals surface area contributed by atoms with Gasteiger partial charge in [0.1, 0.15) is 0 Å². The number of aromatic nitrogens is 4. The van der Waals surface area contributed by atoms with E-state index in [1.165, 1.54) is 42.7 Å². The Labute approximate surface area is 305 Å². The average molecular weight is 683 g/mol. The Bertz CT molecular complexity index is 2760. The van der Waals surface area contributed by atoms with E-state index in [-0.39, 0.29) is 0 Å². The molecule has 52 heavy (non-hydrogen) atoms. The quantitative estimate of drug-likeness (QED) is 0.181. The Morgan fingerprint density at radius 1 is 0.365 bits per heavy atom. The molecular formula is C47H30N4S. The standard InChI is InChI=1S/C47H30N4S/c1-3-14-32(15-4-1)45-48-46(33-16-5-2-6-17-33)50-47(49-45)37-20-11-18-34(27-37)35-19-12-21-38(28-35)51-41-23-9-8-22-39(41)40-29-36-26-25-31-13-7-10-24-43(31)52-44(36)30-42(40)51/h1-30H. The van der Waals surface area contributed by atoms with Gasteiger partial charge in [-0.15, -0.1) is 0 Å². The third-order valence-corrected chi connectivity index (χ3v) is 10.8. The van der Waals surface area contributed by atoms with Gasteiger partial charge in [-0.3, -0.25) is 0 Å². The third kappa shape index (κ3) is 5.39. The van der Waals surface area contributed by atoms with Crippen molar-refractivity contribution in [2.45, 2.75) is 9.79 Å². The second kappa shape index (κ2) is 12.6. The molecule has 0 radical (unpaired) electrons. The maximum Gasteiger partial charge on any atom is 0.164 e. The van der Waals surface area contributed by atoms with Crippen LogP contribution < -0.4 is 0 Å². The van der Waals surface area contributed by atoms with Gasteiger partial charge >= 0.3 is 0 Å². The molecule has 3 heterocycles. The minimum Gasteiger partial charge on any atom is -0.309 e. The van der Waals surface area contributed by atoms with Crippen molar-refractivity contribution >= 4 is 45.7 Å². The van der Waals surface area contributed by atoms with E-state index in [0.717, 1.165) is 33.5 Å². The summed E-state index contributed by atoms with van der Waals surface area (Å²) in [5, 5.41) is 2.49. The molecule has 4 nitrogen and oxygen atoms in total. The molecule has 1 aliphatic heterocycles. The van der Waals surface area contributed by atoms with Gasteiger partial charge in [-0.2, -0.15) is 0 Å². The fourth-order valence-electron chi connectivity index (χ4n) is 7.12. The lowest BCUT2D eigenvalue weighted by Crippen LogP contribution is -2.00. The minimum absolute atomic E-state index is 0.641. The van der Waals surface area contributed by atoms with E-state index >= 15 is 0 Å². The van der Waals surface area contributed by atoms with E-state index in [4.69, 9.17) is 15.0 Å². The first-order valence-electron chi connectivity index (χ1n) is 17.4. The number of fused-ring (bicyclic) bond motifs is 5. The van der Waals surface area contributed by atoms with Crippen molar-refractivity contribution in [2.75, 3.05) is 0 Å². The molecule has 7 aromatic carbocycles. The number of nitrogens with zero attached hydrogens (tertiary/aromatic N) is 4. The lowest BCUT2D eigenvalue weighted by Gasteiger charge is -2.13. The predicted molar refractivity (Wildman–Crippen MR) is 215 cm³/mol. The first-order valence-corrected chi connectivity index (χ1v) is 18.2. The second-order valence-electron chi connectivity index (χ2n) is 12.9. The summed E-state index contributed by atoms with van der Waals surface area (Å²) in [4.78, 5) is 17.4. The predicted octanol–water partition coefficient (Wildman–Crippen LogP) is 12.3. The number of para-hydroxylation sites is 1. The van der Waals surface area contributed by atoms with Crippen LogP contribution >= 0.6 is 11.8 Å². The molecule has 9 aromatic rings. The minimum atomic E-state index is 0.641. The summed E-state index contributed by atoms with van der Waals surface area (Å²) in [7, 11) is 0. The van der Waals surface area contributed by atoms with Crippen LogP contribution in [0, 0.1) is 0 Å². The van der Waals surface area contributed by atoms with Gasteiger partial charge in [0.05, 0.1) is 11.0 Å². The van der Waals surface area contributed by atoms with Crippen molar-refractivity contribution in [1.29, 1.82) is 0 Å². The van der Waals surface area contributed by atoms with Crippen molar-refractivity contribution in [2.24, 2.45) is 0 Å². The molecule has 10 rings (SSSR count). The van der Waals surface area contributed by atoms with Gasteiger partial charge in [-0.1, -0.05) is 151 Å². The molecule has 0 saturated heterocycles. The van der Waals surface area contributed by atoms with Gasteiger partial charge in [-0.05, 0) is 64.7 Å². The maximum atomic E-state index is 4.98. The first kappa shape index (κ1) is 30.3. The fourth-order valence-corrected chi connectivity index (χ4v) is 8.17. The lowest BCUT2D eigenvalue weighted by molar-refractivity contribution is 1.07. The molecule has 0 spiro atoms. The van der Waals surface area contributed by atoms with Crippen molar-refractivity contribution in [1.82, 2.24) is 19.5 Å². The highest BCUT2D eigenvalue weighted by Crippen LogP contribution is 2.42. The Morgan fingerprint density at radius 2 is 0.942 bits per heavy atom. The van der Waals surface area contributed by atoms with Crippen LogP contribution in [-0.2, 0) is 0 Å². The number of benzene rings is 7. The summed E-state index contributed by atoms with van der Waals surface area (Å²) in [6, 6.07) is 59.6. The molecule has 1 aliphatic rings. The third-order valence-electron chi connectivity index (χ3n) is 9.64. The van der Waals surface area contributed by atoms with Gasteiger partial charge in [0.25, 0.3) is 0 Å². The zero-order chi connectivity index (χ0) is 34.4. The summed E-state index contributed by atoms with van der Waals surface area (Å²) in [5.41, 5.74) is 11.0. The van der Waals surface area contributed by atoms with Crippen molar-refractivity contribution in [3.8, 4) is 51.0 Å². The van der Waals surface area contributed by atoms with Crippen LogP contribution in [0.1, 0.15) is 11.1 Å². The van der Waals surface area contributed by atoms with E-state index in [0.29, 0.717) is 17.5 Å². The van der Waals surface area contributed by atoms with Gasteiger partial charge < -0.3 is 4.57 Å². The summed E-state index contributed by atoms with van der Waals surface area (Å²) >= 11 is 1.84. The monoisotopic (exact) mass is 682 g/mol. The Hall–Kier alpha value is -6.56. The summed E-state index contributed by atoms with van der Waals surface area (Å²) in [5.74, 6) is 1.94. The highest BCUT2D eigenvalue weighted by Gasteiger charge is 2.18. The van der Waals surface area contributed by atoms with Gasteiger partial charge in [0.2, 0.25) is 0 Å². The van der Waals surface area contributed by atoms with E-state index in [9.17, 15) is 0 Å². The molecule has 0 saturated carbocycles. The molecule has 244 valence electrons. The molecule has 5 heteroatoms. The van der Waals surface area contributed by atoms with Gasteiger partial charge in [0.15, 0.2) is 17.5 Å². The molecule has 0 unspecified atom stereocenters. The molecular weight excluding hydrogens is 653 g/mol. The van der Waals surface area contributed by atoms with E-state index in [1.54, 1.807) is 0 Å². The SMILES string of the molecule is C1=Cc2cc3c4ccccc4n(-c4cccc(-c5cccc(-c6nc(-c7ccccc7)nc(-c7ccccc7)n6)c5)c4)c3cc2Sc2ccccc21. The molecule has 0 N–H and O–H groups in total. The van der Waals surface area contributed by atoms with Crippen LogP contribution in [-0.4, -0.2) is 19.5 Å². The summed E-state index contributed by atoms with van der Waals surface area (Å²) in [6.45, 7) is 0. The molecule has 0 aliphatic carbocycles. The smallest absolute Gasteiger partial charge is 0.164 e. The topological polar surface area (TPSA) is 43.6 Å². The summed E-state index contributed by atoms with van der Waals surface area (Å²) in [6.07, 6.45) is 4.49. The van der Waals surface area contributed by atoms with E-state index in [2.05, 4.69) is 126 Å². The Kier molecular flexibility index (Phi) is 7.36.